The Hall–Kier alpha value is -11.2. The number of halogens is 6. The molecule has 0 saturated heterocycles. The molecule has 504 valence electrons. The predicted octanol–water partition coefficient (Wildman–Crippen LogP) is 26.2. The Balaban J connectivity index is 1.05. The summed E-state index contributed by atoms with van der Waals surface area (Å²) in [5.74, 6) is -1.39. The normalized spacial score (nSPS) is 12.8. The molecule has 0 fully saturated rings. The number of benzene rings is 12. The van der Waals surface area contributed by atoms with Gasteiger partial charge in [-0.3, -0.25) is 0 Å². The SMILES string of the molecule is Oc1c2cc(N=Nc3cccc(Cl)c3)cc1Cc1cc(N=Nc3cccc(Cl)c3)cc(c1O)Cc1cc(N=Nc3cccc(Cl)c3)cc(c1O)Cc1cc(N=Nc3cccc(Cl)c3)cc(c1O)Cc1cc(N=Nc3cccc(Cl)c3)cc(c1O)Cc1cc(N=Nc3cccc(Cl)c3)cc(c1O)C2. The molecule has 12 aromatic rings. The van der Waals surface area contributed by atoms with Crippen molar-refractivity contribution in [2.24, 2.45) is 61.4 Å². The minimum absolute atomic E-state index is 0.172. The Bertz CT molecular complexity index is 4460. The van der Waals surface area contributed by atoms with Crippen LogP contribution in [0.3, 0.4) is 0 Å². The maximum atomic E-state index is 12.8. The largest absolute Gasteiger partial charge is 0.507 e. The number of aromatic hydroxyl groups is 6. The molecule has 18 nitrogen and oxygen atoms in total. The zero-order valence-electron chi connectivity index (χ0n) is 53.3. The molecular weight excluding hydrogens is 1410 g/mol. The van der Waals surface area contributed by atoms with E-state index in [2.05, 4.69) is 61.4 Å². The molecule has 0 unspecified atom stereocenters. The molecule has 0 radical (unpaired) electrons. The van der Waals surface area contributed by atoms with Gasteiger partial charge < -0.3 is 30.6 Å². The van der Waals surface area contributed by atoms with Crippen LogP contribution in [-0.4, -0.2) is 30.6 Å². The summed E-state index contributed by atoms with van der Waals surface area (Å²) in [5, 5.41) is 134. The van der Waals surface area contributed by atoms with E-state index in [1.807, 2.05) is 0 Å². The van der Waals surface area contributed by atoms with Gasteiger partial charge in [-0.25, -0.2) is 0 Å². The van der Waals surface area contributed by atoms with Crippen molar-refractivity contribution in [2.45, 2.75) is 38.5 Å². The Morgan fingerprint density at radius 1 is 0.167 bits per heavy atom. The topological polar surface area (TPSA) is 270 Å². The fourth-order valence-electron chi connectivity index (χ4n) is 11.6. The van der Waals surface area contributed by atoms with Gasteiger partial charge in [-0.15, -0.1) is 0 Å². The smallest absolute Gasteiger partial charge is 0.122 e. The number of hydrogen-bond acceptors (Lipinski definition) is 18. The van der Waals surface area contributed by atoms with Gasteiger partial charge in [-0.05, 0) is 182 Å². The molecule has 24 heteroatoms. The van der Waals surface area contributed by atoms with E-state index >= 15 is 0 Å². The van der Waals surface area contributed by atoms with Crippen LogP contribution in [0.4, 0.5) is 68.2 Å². The average molecular weight is 1470 g/mol. The van der Waals surface area contributed by atoms with E-state index in [4.69, 9.17) is 69.6 Å². The third-order valence-electron chi connectivity index (χ3n) is 16.3. The van der Waals surface area contributed by atoms with Crippen molar-refractivity contribution in [2.75, 3.05) is 0 Å². The quantitative estimate of drug-likeness (QED) is 0.0647. The van der Waals surface area contributed by atoms with Gasteiger partial charge in [0.2, 0.25) is 0 Å². The maximum absolute atomic E-state index is 12.8. The molecular formula is C78H54Cl6N12O6. The molecule has 0 amide bonds. The fourth-order valence-corrected chi connectivity index (χ4v) is 12.7. The van der Waals surface area contributed by atoms with Crippen LogP contribution >= 0.6 is 69.6 Å². The van der Waals surface area contributed by atoms with E-state index in [0.29, 0.717) is 64.3 Å². The van der Waals surface area contributed by atoms with E-state index < -0.39 is 0 Å². The Morgan fingerprint density at radius 2 is 0.284 bits per heavy atom. The highest BCUT2D eigenvalue weighted by Crippen LogP contribution is 2.45. The first-order valence-corrected chi connectivity index (χ1v) is 33.7. The van der Waals surface area contributed by atoms with Crippen LogP contribution < -0.4 is 0 Å². The second-order valence-corrected chi connectivity index (χ2v) is 26.4. The van der Waals surface area contributed by atoms with Crippen molar-refractivity contribution in [1.29, 1.82) is 0 Å². The first-order valence-electron chi connectivity index (χ1n) is 31.5. The molecule has 0 aromatic heterocycles. The van der Waals surface area contributed by atoms with E-state index in [1.165, 1.54) is 0 Å². The lowest BCUT2D eigenvalue weighted by Gasteiger charge is -2.18. The van der Waals surface area contributed by atoms with Crippen LogP contribution in [0.1, 0.15) is 66.8 Å². The van der Waals surface area contributed by atoms with Crippen molar-refractivity contribution >= 4 is 138 Å². The summed E-state index contributed by atoms with van der Waals surface area (Å²) < 4.78 is 0. The van der Waals surface area contributed by atoms with Gasteiger partial charge in [0.15, 0.2) is 0 Å². The average Bonchev–Trinajstić information content (AvgIpc) is 0.789. The number of nitrogens with zero attached hydrogens (tertiary/aromatic N) is 12. The first kappa shape index (κ1) is 69.3. The van der Waals surface area contributed by atoms with Crippen LogP contribution in [0.2, 0.25) is 30.1 Å². The van der Waals surface area contributed by atoms with Gasteiger partial charge in [0.25, 0.3) is 0 Å². The number of phenolic OH excluding ortho intramolecular Hbond substituents is 6. The third-order valence-corrected chi connectivity index (χ3v) is 17.7. The summed E-state index contributed by atoms with van der Waals surface area (Å²) >= 11 is 38.4. The minimum atomic E-state index is -0.231. The summed E-state index contributed by atoms with van der Waals surface area (Å²) in [4.78, 5) is 0. The van der Waals surface area contributed by atoms with Gasteiger partial charge in [0, 0.05) is 135 Å². The molecule has 0 atom stereocenters. The molecule has 12 bridgehead atoms. The molecule has 0 aliphatic heterocycles. The highest BCUT2D eigenvalue weighted by atomic mass is 35.5. The lowest BCUT2D eigenvalue weighted by atomic mass is 9.90. The first-order chi connectivity index (χ1) is 49.3. The zero-order chi connectivity index (χ0) is 71.0. The standard InChI is InChI=1S/C78H54Cl6N12O6/c79-55-7-1-13-61(37-55)85-91-67-25-43-19-45-27-68(92-86-62-14-2-8-56(80)38-62)29-47(74(45)98)21-49-31-70(94-88-64-16-4-10-58(82)40-64)33-51(76(49)100)23-53-35-72(96-90-66-18-6-12-60(84)42-66)36-54(78(53)102)24-52-34-71(95-89-65-17-5-11-59(83)41-65)32-50(77(52)101)22-48-30-69(93-87-63-15-3-9-57(81)39-63)28-46(75(48)99)20-44(26-67)73(43)97/h1-18,25-42,97-102H,19-24H2. The molecule has 0 saturated carbocycles. The van der Waals surface area contributed by atoms with Crippen molar-refractivity contribution in [1.82, 2.24) is 0 Å². The Morgan fingerprint density at radius 3 is 0.402 bits per heavy atom. The van der Waals surface area contributed by atoms with Crippen LogP contribution in [0.25, 0.3) is 0 Å². The van der Waals surface area contributed by atoms with Crippen LogP contribution in [0, 0.1) is 0 Å². The van der Waals surface area contributed by atoms with Gasteiger partial charge in [-0.1, -0.05) is 106 Å². The number of fused-ring (bicyclic) bond motifs is 12. The Kier molecular flexibility index (Phi) is 21.1. The van der Waals surface area contributed by atoms with Crippen molar-refractivity contribution in [3.05, 3.63) is 315 Å². The van der Waals surface area contributed by atoms with E-state index in [-0.39, 0.29) is 174 Å². The van der Waals surface area contributed by atoms with Crippen LogP contribution in [0.5, 0.6) is 34.5 Å². The molecule has 1 aliphatic carbocycles. The zero-order valence-corrected chi connectivity index (χ0v) is 57.9. The minimum Gasteiger partial charge on any atom is -0.507 e. The molecule has 12 aromatic carbocycles. The van der Waals surface area contributed by atoms with Gasteiger partial charge in [0.05, 0.1) is 68.2 Å². The number of azo groups is 6. The molecule has 0 heterocycles. The summed E-state index contributed by atoms with van der Waals surface area (Å²) in [6.07, 6.45) is -1.03. The van der Waals surface area contributed by atoms with Gasteiger partial charge in [-0.2, -0.15) is 61.4 Å². The summed E-state index contributed by atoms with van der Waals surface area (Å²) in [6.45, 7) is 0. The summed E-state index contributed by atoms with van der Waals surface area (Å²) in [7, 11) is 0. The highest BCUT2D eigenvalue weighted by molar-refractivity contribution is 6.32. The van der Waals surface area contributed by atoms with Gasteiger partial charge >= 0.3 is 0 Å². The van der Waals surface area contributed by atoms with Crippen molar-refractivity contribution in [3.63, 3.8) is 0 Å². The second-order valence-electron chi connectivity index (χ2n) is 23.8. The van der Waals surface area contributed by atoms with E-state index in [9.17, 15) is 30.6 Å². The lowest BCUT2D eigenvalue weighted by Crippen LogP contribution is -2.01. The monoisotopic (exact) mass is 1460 g/mol. The molecule has 102 heavy (non-hydrogen) atoms. The third kappa shape index (κ3) is 17.3. The molecule has 0 spiro atoms. The predicted molar refractivity (Wildman–Crippen MR) is 399 cm³/mol. The lowest BCUT2D eigenvalue weighted by molar-refractivity contribution is 0.451. The summed E-state index contributed by atoms with van der Waals surface area (Å²) in [6, 6.07) is 60.2. The van der Waals surface area contributed by atoms with Crippen molar-refractivity contribution in [3.8, 4) is 34.5 Å². The Labute approximate surface area is 614 Å². The molecule has 1 aliphatic rings. The van der Waals surface area contributed by atoms with Crippen LogP contribution in [0.15, 0.2) is 280 Å². The van der Waals surface area contributed by atoms with E-state index in [1.54, 1.807) is 218 Å². The maximum Gasteiger partial charge on any atom is 0.122 e. The van der Waals surface area contributed by atoms with Crippen LogP contribution in [-0.2, 0) is 38.5 Å². The number of rotatable bonds is 12. The number of hydrogen-bond donors (Lipinski definition) is 6. The molecule has 6 N–H and O–H groups in total. The van der Waals surface area contributed by atoms with Crippen molar-refractivity contribution < 1.29 is 30.6 Å². The summed E-state index contributed by atoms with van der Waals surface area (Å²) in [5.41, 5.74) is 7.25. The van der Waals surface area contributed by atoms with Gasteiger partial charge in [0.1, 0.15) is 34.5 Å². The second kappa shape index (κ2) is 31.1. The fraction of sp³-hybridized carbons (Fsp3) is 0.0769. The number of phenols is 6. The molecule has 13 rings (SSSR count). The van der Waals surface area contributed by atoms with E-state index in [0.717, 1.165) is 0 Å². The highest BCUT2D eigenvalue weighted by Gasteiger charge is 2.24.